The van der Waals surface area contributed by atoms with Crippen LogP contribution in [-0.2, 0) is 16.7 Å². The predicted molar refractivity (Wildman–Crippen MR) is 114 cm³/mol. The van der Waals surface area contributed by atoms with Crippen molar-refractivity contribution < 1.29 is 14.3 Å². The lowest BCUT2D eigenvalue weighted by Gasteiger charge is -2.32. The first kappa shape index (κ1) is 20.0. The molecule has 0 saturated carbocycles. The summed E-state index contributed by atoms with van der Waals surface area (Å²) in [5, 5.41) is 6.36. The Labute approximate surface area is 173 Å². The van der Waals surface area contributed by atoms with Gasteiger partial charge in [-0.3, -0.25) is 0 Å². The molecule has 1 fully saturated rings. The average molecular weight is 397 g/mol. The normalized spacial score (nSPS) is 20.2. The number of ether oxygens (including phenoxy) is 2. The van der Waals surface area contributed by atoms with Gasteiger partial charge in [0.05, 0.1) is 6.61 Å². The van der Waals surface area contributed by atoms with Crippen molar-refractivity contribution >= 4 is 6.09 Å². The van der Waals surface area contributed by atoms with Gasteiger partial charge in [0, 0.05) is 23.9 Å². The summed E-state index contributed by atoms with van der Waals surface area (Å²) in [6.07, 6.45) is 12.1. The fourth-order valence-electron chi connectivity index (χ4n) is 4.52. The number of allylic oxidation sites excluding steroid dienone is 3. The lowest BCUT2D eigenvalue weighted by atomic mass is 9.74. The molecule has 0 aromatic heterocycles. The molecular formula is C24H32N2O3. The minimum atomic E-state index is -0.340. The van der Waals surface area contributed by atoms with Crippen LogP contribution in [0.5, 0.6) is 5.75 Å². The second-order valence-corrected chi connectivity index (χ2v) is 8.42. The number of alkyl carbamates (subject to hydrolysis) is 1. The standard InChI is InChI=1S/C24H32N2O3/c1-2-20(9-7-18-5-3-4-6-18)29-23(27)26-16-19-8-10-22-21(15-19)24(17-28-22)11-13-25-14-12-24/h3-4,7-8,10,15,20,25H,2,5-6,9,11-14,16-17H2,1H3,(H,26,27). The molecule has 1 aromatic carbocycles. The molecule has 2 heterocycles. The topological polar surface area (TPSA) is 59.6 Å². The van der Waals surface area contributed by atoms with Crippen molar-refractivity contribution in [2.45, 2.75) is 63.5 Å². The van der Waals surface area contributed by atoms with E-state index in [1.54, 1.807) is 0 Å². The first-order chi connectivity index (χ1) is 14.2. The summed E-state index contributed by atoms with van der Waals surface area (Å²) in [5.74, 6) is 0.999. The highest BCUT2D eigenvalue weighted by molar-refractivity contribution is 5.67. The third-order valence-electron chi connectivity index (χ3n) is 6.44. The maximum Gasteiger partial charge on any atom is 0.407 e. The molecular weight excluding hydrogens is 364 g/mol. The number of amides is 1. The summed E-state index contributed by atoms with van der Waals surface area (Å²) < 4.78 is 11.6. The Morgan fingerprint density at radius 3 is 2.86 bits per heavy atom. The zero-order chi connectivity index (χ0) is 20.1. The van der Waals surface area contributed by atoms with Gasteiger partial charge in [0.25, 0.3) is 0 Å². The number of fused-ring (bicyclic) bond motifs is 2. The number of carbonyl (C=O) groups excluding carboxylic acids is 1. The molecule has 0 bridgehead atoms. The van der Waals surface area contributed by atoms with E-state index in [1.165, 1.54) is 11.1 Å². The van der Waals surface area contributed by atoms with Crippen molar-refractivity contribution in [3.8, 4) is 5.75 Å². The van der Waals surface area contributed by atoms with Crippen molar-refractivity contribution in [1.82, 2.24) is 10.6 Å². The minimum Gasteiger partial charge on any atom is -0.492 e. The van der Waals surface area contributed by atoms with E-state index in [0.717, 1.165) is 69.5 Å². The van der Waals surface area contributed by atoms with Crippen LogP contribution in [0.1, 0.15) is 56.6 Å². The number of hydrogen-bond acceptors (Lipinski definition) is 4. The fraction of sp³-hybridized carbons (Fsp3) is 0.542. The summed E-state index contributed by atoms with van der Waals surface area (Å²) in [4.78, 5) is 12.3. The number of piperidine rings is 1. The minimum absolute atomic E-state index is 0.0745. The van der Waals surface area contributed by atoms with Gasteiger partial charge in [-0.05, 0) is 62.9 Å². The summed E-state index contributed by atoms with van der Waals surface area (Å²) in [6.45, 7) is 5.36. The lowest BCUT2D eigenvalue weighted by molar-refractivity contribution is 0.0961. The van der Waals surface area contributed by atoms with Crippen LogP contribution < -0.4 is 15.4 Å². The monoisotopic (exact) mass is 396 g/mol. The fourth-order valence-corrected chi connectivity index (χ4v) is 4.52. The second kappa shape index (κ2) is 9.04. The molecule has 3 aliphatic rings. The molecule has 1 saturated heterocycles. The van der Waals surface area contributed by atoms with E-state index < -0.39 is 0 Å². The largest absolute Gasteiger partial charge is 0.492 e. The van der Waals surface area contributed by atoms with Crippen LogP contribution in [0, 0.1) is 0 Å². The van der Waals surface area contributed by atoms with E-state index in [-0.39, 0.29) is 17.6 Å². The first-order valence-electron chi connectivity index (χ1n) is 10.9. The summed E-state index contributed by atoms with van der Waals surface area (Å²) >= 11 is 0. The third-order valence-corrected chi connectivity index (χ3v) is 6.44. The molecule has 1 unspecified atom stereocenters. The van der Waals surface area contributed by atoms with E-state index in [4.69, 9.17) is 9.47 Å². The zero-order valence-electron chi connectivity index (χ0n) is 17.3. The molecule has 5 heteroatoms. The van der Waals surface area contributed by atoms with Crippen LogP contribution in [0.3, 0.4) is 0 Å². The highest BCUT2D eigenvalue weighted by Gasteiger charge is 2.41. The maximum absolute atomic E-state index is 12.3. The quantitative estimate of drug-likeness (QED) is 0.701. The molecule has 4 rings (SSSR count). The van der Waals surface area contributed by atoms with Crippen molar-refractivity contribution in [3.63, 3.8) is 0 Å². The maximum atomic E-state index is 12.3. The van der Waals surface area contributed by atoms with Gasteiger partial charge in [-0.25, -0.2) is 4.79 Å². The van der Waals surface area contributed by atoms with Gasteiger partial charge in [-0.15, -0.1) is 0 Å². The van der Waals surface area contributed by atoms with Gasteiger partial charge in [0.15, 0.2) is 0 Å². The predicted octanol–water partition coefficient (Wildman–Crippen LogP) is 4.37. The Morgan fingerprint density at radius 2 is 2.10 bits per heavy atom. The Bertz CT molecular complexity index is 778. The molecule has 5 nitrogen and oxygen atoms in total. The first-order valence-corrected chi connectivity index (χ1v) is 10.9. The average Bonchev–Trinajstić information content (AvgIpc) is 3.39. The molecule has 1 amide bonds. The number of carbonyl (C=O) groups is 1. The molecule has 29 heavy (non-hydrogen) atoms. The van der Waals surface area contributed by atoms with E-state index in [2.05, 4.69) is 41.9 Å². The lowest BCUT2D eigenvalue weighted by Crippen LogP contribution is -2.41. The van der Waals surface area contributed by atoms with Gasteiger partial charge in [0.1, 0.15) is 11.9 Å². The molecule has 1 aromatic rings. The van der Waals surface area contributed by atoms with Gasteiger partial charge in [-0.2, -0.15) is 0 Å². The molecule has 0 radical (unpaired) electrons. The Hall–Kier alpha value is -2.27. The van der Waals surface area contributed by atoms with Gasteiger partial charge >= 0.3 is 6.09 Å². The van der Waals surface area contributed by atoms with E-state index in [1.807, 2.05) is 12.1 Å². The van der Waals surface area contributed by atoms with Crippen LogP contribution in [0.15, 0.2) is 42.0 Å². The van der Waals surface area contributed by atoms with E-state index >= 15 is 0 Å². The number of hydrogen-bond donors (Lipinski definition) is 2. The Balaban J connectivity index is 1.31. The van der Waals surface area contributed by atoms with Crippen LogP contribution in [0.2, 0.25) is 0 Å². The molecule has 2 aliphatic heterocycles. The van der Waals surface area contributed by atoms with Crippen LogP contribution in [-0.4, -0.2) is 31.9 Å². The SMILES string of the molecule is CCC(CC=C1CC=CC1)OC(=O)NCc1ccc2c(c1)C1(CCNCC1)CO2. The molecule has 2 N–H and O–H groups in total. The summed E-state index contributed by atoms with van der Waals surface area (Å²) in [7, 11) is 0. The third kappa shape index (κ3) is 4.67. The van der Waals surface area contributed by atoms with E-state index in [9.17, 15) is 4.79 Å². The van der Waals surface area contributed by atoms with Crippen molar-refractivity contribution in [3.05, 3.63) is 53.1 Å². The number of nitrogens with one attached hydrogen (secondary N) is 2. The van der Waals surface area contributed by atoms with Gasteiger partial charge < -0.3 is 20.1 Å². The molecule has 1 aliphatic carbocycles. The Morgan fingerprint density at radius 1 is 1.31 bits per heavy atom. The number of benzene rings is 1. The van der Waals surface area contributed by atoms with Crippen molar-refractivity contribution in [2.75, 3.05) is 19.7 Å². The molecule has 1 atom stereocenters. The van der Waals surface area contributed by atoms with Gasteiger partial charge in [0.2, 0.25) is 0 Å². The van der Waals surface area contributed by atoms with Gasteiger partial charge in [-0.1, -0.05) is 36.8 Å². The van der Waals surface area contributed by atoms with E-state index in [0.29, 0.717) is 6.54 Å². The van der Waals surface area contributed by atoms with Crippen molar-refractivity contribution in [1.29, 1.82) is 0 Å². The van der Waals surface area contributed by atoms with Crippen LogP contribution in [0.25, 0.3) is 0 Å². The van der Waals surface area contributed by atoms with Crippen LogP contribution in [0.4, 0.5) is 4.79 Å². The number of rotatable bonds is 6. The Kier molecular flexibility index (Phi) is 6.24. The highest BCUT2D eigenvalue weighted by atomic mass is 16.6. The van der Waals surface area contributed by atoms with Crippen molar-refractivity contribution in [2.24, 2.45) is 0 Å². The van der Waals surface area contributed by atoms with Crippen LogP contribution >= 0.6 is 0 Å². The molecule has 1 spiro atoms. The summed E-state index contributed by atoms with van der Waals surface area (Å²) in [5.41, 5.74) is 3.94. The zero-order valence-corrected chi connectivity index (χ0v) is 17.3. The second-order valence-electron chi connectivity index (χ2n) is 8.42. The molecule has 156 valence electrons. The smallest absolute Gasteiger partial charge is 0.407 e. The highest BCUT2D eigenvalue weighted by Crippen LogP contribution is 2.44. The summed E-state index contributed by atoms with van der Waals surface area (Å²) in [6, 6.07) is 6.29.